The first-order valence-electron chi connectivity index (χ1n) is 12.6. The van der Waals surface area contributed by atoms with Crippen LogP contribution in [-0.2, 0) is 19.1 Å². The zero-order valence-corrected chi connectivity index (χ0v) is 23.5. The summed E-state index contributed by atoms with van der Waals surface area (Å²) in [6, 6.07) is 10.0. The number of carbonyl (C=O) groups is 4. The first-order valence-corrected chi connectivity index (χ1v) is 12.6. The van der Waals surface area contributed by atoms with Gasteiger partial charge in [0.05, 0.1) is 6.42 Å². The number of para-hydroxylation sites is 1. The van der Waals surface area contributed by atoms with Gasteiger partial charge in [0, 0.05) is 11.7 Å². The normalized spacial score (nSPS) is 12.9. The van der Waals surface area contributed by atoms with Crippen molar-refractivity contribution in [1.82, 2.24) is 10.2 Å². The summed E-state index contributed by atoms with van der Waals surface area (Å²) < 4.78 is 5.31. The van der Waals surface area contributed by atoms with Crippen LogP contribution in [0.1, 0.15) is 69.3 Å². The number of primary amides is 1. The Kier molecular flexibility index (Phi) is 10.0. The summed E-state index contributed by atoms with van der Waals surface area (Å²) in [5.74, 6) is -1.84. The number of aryl methyl sites for hydroxylation is 2. The van der Waals surface area contributed by atoms with Gasteiger partial charge in [-0.3, -0.25) is 14.4 Å². The molecule has 0 heterocycles. The van der Waals surface area contributed by atoms with Crippen LogP contribution in [0.3, 0.4) is 0 Å². The van der Waals surface area contributed by atoms with Crippen LogP contribution >= 0.6 is 0 Å². The minimum absolute atomic E-state index is 0.426. The molecule has 0 fully saturated rings. The largest absolute Gasteiger partial charge is 0.444 e. The first-order chi connectivity index (χ1) is 17.6. The topological polar surface area (TPSA) is 131 Å². The van der Waals surface area contributed by atoms with E-state index in [1.807, 2.05) is 51.1 Å². The lowest BCUT2D eigenvalue weighted by atomic mass is 9.94. The number of anilines is 1. The van der Waals surface area contributed by atoms with Gasteiger partial charge in [-0.2, -0.15) is 0 Å². The first kappa shape index (κ1) is 30.3. The summed E-state index contributed by atoms with van der Waals surface area (Å²) in [5, 5.41) is 5.45. The number of nitrogens with one attached hydrogen (secondary N) is 2. The highest BCUT2D eigenvalue weighted by atomic mass is 16.6. The van der Waals surface area contributed by atoms with Crippen molar-refractivity contribution >= 4 is 29.5 Å². The van der Waals surface area contributed by atoms with Gasteiger partial charge >= 0.3 is 6.09 Å². The van der Waals surface area contributed by atoms with Gasteiger partial charge < -0.3 is 26.0 Å². The molecule has 0 aliphatic heterocycles. The highest BCUT2D eigenvalue weighted by Gasteiger charge is 2.39. The van der Waals surface area contributed by atoms with Gasteiger partial charge in [0.1, 0.15) is 17.7 Å². The lowest BCUT2D eigenvalue weighted by molar-refractivity contribution is -0.143. The molecule has 38 heavy (non-hydrogen) atoms. The molecule has 2 atom stereocenters. The summed E-state index contributed by atoms with van der Waals surface area (Å²) in [6.45, 7) is 14.3. The summed E-state index contributed by atoms with van der Waals surface area (Å²) in [5.41, 5.74) is 8.53. The third kappa shape index (κ3) is 8.06. The zero-order valence-electron chi connectivity index (χ0n) is 23.5. The predicted octanol–water partition coefficient (Wildman–Crippen LogP) is 4.30. The van der Waals surface area contributed by atoms with Gasteiger partial charge in [-0.25, -0.2) is 4.79 Å². The van der Waals surface area contributed by atoms with Crippen LogP contribution < -0.4 is 16.4 Å². The van der Waals surface area contributed by atoms with E-state index in [0.717, 1.165) is 16.7 Å². The van der Waals surface area contributed by atoms with Crippen molar-refractivity contribution in [1.29, 1.82) is 0 Å². The molecule has 4 amide bonds. The van der Waals surface area contributed by atoms with Gasteiger partial charge in [-0.05, 0) is 83.7 Å². The van der Waals surface area contributed by atoms with E-state index in [2.05, 4.69) is 10.6 Å². The number of hydrogen-bond donors (Lipinski definition) is 3. The van der Waals surface area contributed by atoms with Crippen LogP contribution in [0.15, 0.2) is 42.5 Å². The molecule has 2 unspecified atom stereocenters. The van der Waals surface area contributed by atoms with Crippen molar-refractivity contribution in [3.8, 4) is 0 Å². The molecule has 9 heteroatoms. The second kappa shape index (κ2) is 12.6. The van der Waals surface area contributed by atoms with Crippen LogP contribution in [0, 0.1) is 20.8 Å². The summed E-state index contributed by atoms with van der Waals surface area (Å²) in [4.78, 5) is 53.8. The van der Waals surface area contributed by atoms with E-state index in [9.17, 15) is 19.2 Å². The number of carbonyl (C=O) groups excluding carboxylic acids is 4. The summed E-state index contributed by atoms with van der Waals surface area (Å²) in [6.07, 6.45) is -1.33. The Labute approximate surface area is 225 Å². The molecule has 0 saturated carbocycles. The third-order valence-corrected chi connectivity index (χ3v) is 6.08. The van der Waals surface area contributed by atoms with E-state index in [-0.39, 0.29) is 0 Å². The average molecular weight is 525 g/mol. The van der Waals surface area contributed by atoms with E-state index in [4.69, 9.17) is 10.5 Å². The van der Waals surface area contributed by atoms with Crippen LogP contribution in [-0.4, -0.2) is 46.4 Å². The van der Waals surface area contributed by atoms with Gasteiger partial charge in [0.25, 0.3) is 5.91 Å². The molecular formula is C29H40N4O5. The van der Waals surface area contributed by atoms with Crippen molar-refractivity contribution in [2.24, 2.45) is 5.73 Å². The molecule has 9 nitrogen and oxygen atoms in total. The van der Waals surface area contributed by atoms with Crippen LogP contribution in [0.5, 0.6) is 0 Å². The molecule has 0 aliphatic carbocycles. The molecular weight excluding hydrogens is 484 g/mol. The van der Waals surface area contributed by atoms with E-state index in [1.54, 1.807) is 46.8 Å². The van der Waals surface area contributed by atoms with Crippen molar-refractivity contribution in [3.05, 3.63) is 64.7 Å². The Morgan fingerprint density at radius 3 is 2.11 bits per heavy atom. The smallest absolute Gasteiger partial charge is 0.408 e. The molecule has 2 aromatic carbocycles. The molecule has 206 valence electrons. The second-order valence-electron chi connectivity index (χ2n) is 10.7. The molecule has 4 N–H and O–H groups in total. The molecule has 0 radical (unpaired) electrons. The third-order valence-electron chi connectivity index (χ3n) is 6.08. The standard InChI is InChI=1S/C29H40N4O5/c1-17(2)33(27(36)23(16-24(30)34)32-28(37)38-29(6,7)8)25(21-14-11-13-18(3)20(21)5)26(35)31-22-15-10-9-12-19(22)4/h9-15,17,23,25H,16H2,1-8H3,(H2,30,34)(H,31,35)(H,32,37). The summed E-state index contributed by atoms with van der Waals surface area (Å²) in [7, 11) is 0. The maximum Gasteiger partial charge on any atom is 0.408 e. The lowest BCUT2D eigenvalue weighted by Crippen LogP contribution is -2.55. The lowest BCUT2D eigenvalue weighted by Gasteiger charge is -2.37. The Morgan fingerprint density at radius 2 is 1.55 bits per heavy atom. The number of ether oxygens (including phenoxy) is 1. The molecule has 2 aromatic rings. The molecule has 0 bridgehead atoms. The number of rotatable bonds is 9. The number of nitrogens with two attached hydrogens (primary N) is 1. The second-order valence-corrected chi connectivity index (χ2v) is 10.7. The van der Waals surface area contributed by atoms with Crippen molar-refractivity contribution in [2.45, 2.75) is 85.5 Å². The Balaban J connectivity index is 2.60. The monoisotopic (exact) mass is 524 g/mol. The minimum atomic E-state index is -1.33. The van der Waals surface area contributed by atoms with Gasteiger partial charge in [-0.15, -0.1) is 0 Å². The quantitative estimate of drug-likeness (QED) is 0.450. The molecule has 0 aliphatic rings. The van der Waals surface area contributed by atoms with Crippen molar-refractivity contribution in [2.75, 3.05) is 5.32 Å². The fourth-order valence-electron chi connectivity index (χ4n) is 4.11. The van der Waals surface area contributed by atoms with E-state index in [0.29, 0.717) is 11.3 Å². The minimum Gasteiger partial charge on any atom is -0.444 e. The van der Waals surface area contributed by atoms with E-state index >= 15 is 0 Å². The molecule has 2 rings (SSSR count). The van der Waals surface area contributed by atoms with Crippen LogP contribution in [0.2, 0.25) is 0 Å². The van der Waals surface area contributed by atoms with Crippen molar-refractivity contribution < 1.29 is 23.9 Å². The summed E-state index contributed by atoms with van der Waals surface area (Å²) >= 11 is 0. The molecule has 0 saturated heterocycles. The average Bonchev–Trinajstić information content (AvgIpc) is 2.78. The predicted molar refractivity (Wildman–Crippen MR) is 147 cm³/mol. The highest BCUT2D eigenvalue weighted by Crippen LogP contribution is 2.30. The number of alkyl carbamates (subject to hydrolysis) is 1. The Hall–Kier alpha value is -3.88. The van der Waals surface area contributed by atoms with Gasteiger partial charge in [0.15, 0.2) is 0 Å². The Morgan fingerprint density at radius 1 is 0.947 bits per heavy atom. The SMILES string of the molecule is Cc1ccccc1NC(=O)C(c1cccc(C)c1C)N(C(=O)C(CC(N)=O)NC(=O)OC(C)(C)C)C(C)C. The number of hydrogen-bond acceptors (Lipinski definition) is 5. The number of nitrogens with zero attached hydrogens (tertiary/aromatic N) is 1. The van der Waals surface area contributed by atoms with E-state index in [1.165, 1.54) is 4.90 Å². The highest BCUT2D eigenvalue weighted by molar-refractivity contribution is 6.00. The number of amides is 4. The Bertz CT molecular complexity index is 1190. The van der Waals surface area contributed by atoms with Crippen molar-refractivity contribution in [3.63, 3.8) is 0 Å². The van der Waals surface area contributed by atoms with Crippen LogP contribution in [0.4, 0.5) is 10.5 Å². The van der Waals surface area contributed by atoms with Gasteiger partial charge in [0.2, 0.25) is 11.8 Å². The van der Waals surface area contributed by atoms with Crippen LogP contribution in [0.25, 0.3) is 0 Å². The zero-order chi connectivity index (χ0) is 28.8. The fourth-order valence-corrected chi connectivity index (χ4v) is 4.11. The van der Waals surface area contributed by atoms with Gasteiger partial charge in [-0.1, -0.05) is 36.4 Å². The maximum atomic E-state index is 14.0. The maximum absolute atomic E-state index is 14.0. The number of benzene rings is 2. The molecule has 0 aromatic heterocycles. The van der Waals surface area contributed by atoms with E-state index < -0.39 is 54.0 Å². The fraction of sp³-hybridized carbons (Fsp3) is 0.448. The molecule has 0 spiro atoms.